The fraction of sp³-hybridized carbons (Fsp3) is 0.250. The first-order chi connectivity index (χ1) is 12.2. The van der Waals surface area contributed by atoms with E-state index in [1.165, 1.54) is 11.8 Å². The van der Waals surface area contributed by atoms with E-state index < -0.39 is 5.97 Å². The number of nitrogens with zero attached hydrogens (tertiary/aromatic N) is 5. The molecule has 3 aromatic rings. The van der Waals surface area contributed by atoms with Gasteiger partial charge in [-0.2, -0.15) is 9.61 Å². The van der Waals surface area contributed by atoms with Crippen LogP contribution in [0.1, 0.15) is 13.3 Å². The molecule has 0 unspecified atom stereocenters. The number of aromatic nitrogens is 5. The molecule has 0 amide bonds. The van der Waals surface area contributed by atoms with Crippen LogP contribution in [0.15, 0.2) is 41.7 Å². The number of carbonyl (C=O) groups excluding carboxylic acids is 2. The molecule has 0 N–H and O–H groups in total. The molecule has 0 atom stereocenters. The van der Waals surface area contributed by atoms with E-state index in [1.54, 1.807) is 36.0 Å². The van der Waals surface area contributed by atoms with Crippen LogP contribution in [0.3, 0.4) is 0 Å². The summed E-state index contributed by atoms with van der Waals surface area (Å²) in [4.78, 5) is 27.1. The maximum Gasteiger partial charge on any atom is 0.313 e. The summed E-state index contributed by atoms with van der Waals surface area (Å²) in [5.41, 5.74) is 1.45. The average molecular weight is 357 g/mol. The van der Waals surface area contributed by atoms with E-state index in [9.17, 15) is 9.59 Å². The van der Waals surface area contributed by atoms with Crippen molar-refractivity contribution in [1.29, 1.82) is 0 Å². The molecular weight excluding hydrogens is 342 g/mol. The van der Waals surface area contributed by atoms with Crippen molar-refractivity contribution in [3.8, 4) is 11.4 Å². The van der Waals surface area contributed by atoms with Gasteiger partial charge in [-0.1, -0.05) is 11.8 Å². The maximum absolute atomic E-state index is 11.8. The van der Waals surface area contributed by atoms with Gasteiger partial charge < -0.3 is 4.74 Å². The summed E-state index contributed by atoms with van der Waals surface area (Å²) in [5.74, 6) is 0.0285. The third kappa shape index (κ3) is 4.18. The molecular formula is C16H15N5O3S. The summed E-state index contributed by atoms with van der Waals surface area (Å²) in [6.45, 7) is 1.97. The lowest BCUT2D eigenvalue weighted by Crippen LogP contribution is -2.12. The predicted molar refractivity (Wildman–Crippen MR) is 91.0 cm³/mol. The first kappa shape index (κ1) is 17.0. The standard InChI is InChI=1S/C16H15N5O3S/c1-2-24-15(23)9-12(22)10-25-14-4-3-13-18-19-16(21(13)20-14)11-5-7-17-8-6-11/h3-8H,2,9-10H2,1H3. The van der Waals surface area contributed by atoms with Crippen LogP contribution >= 0.6 is 11.8 Å². The van der Waals surface area contributed by atoms with E-state index in [4.69, 9.17) is 4.74 Å². The van der Waals surface area contributed by atoms with Crippen LogP contribution in [0.4, 0.5) is 0 Å². The summed E-state index contributed by atoms with van der Waals surface area (Å²) in [6, 6.07) is 7.19. The van der Waals surface area contributed by atoms with Gasteiger partial charge in [0.05, 0.1) is 12.4 Å². The number of ether oxygens (including phenoxy) is 1. The number of rotatable bonds is 7. The molecule has 0 radical (unpaired) electrons. The summed E-state index contributed by atoms with van der Waals surface area (Å²) >= 11 is 1.25. The van der Waals surface area contributed by atoms with Crippen LogP contribution in [-0.2, 0) is 14.3 Å². The Balaban J connectivity index is 1.73. The Morgan fingerprint density at radius 3 is 2.72 bits per heavy atom. The fourth-order valence-electron chi connectivity index (χ4n) is 2.11. The highest BCUT2D eigenvalue weighted by Gasteiger charge is 2.13. The molecule has 8 nitrogen and oxygen atoms in total. The molecule has 0 spiro atoms. The zero-order valence-corrected chi connectivity index (χ0v) is 14.3. The maximum atomic E-state index is 11.8. The van der Waals surface area contributed by atoms with Gasteiger partial charge in [-0.05, 0) is 31.2 Å². The number of hydrogen-bond donors (Lipinski definition) is 0. The van der Waals surface area contributed by atoms with Crippen molar-refractivity contribution in [2.24, 2.45) is 0 Å². The second-order valence-electron chi connectivity index (χ2n) is 5.01. The lowest BCUT2D eigenvalue weighted by atomic mass is 10.2. The molecule has 3 heterocycles. The van der Waals surface area contributed by atoms with Crippen LogP contribution in [0, 0.1) is 0 Å². The average Bonchev–Trinajstić information content (AvgIpc) is 3.04. The Kier molecular flexibility index (Phi) is 5.34. The summed E-state index contributed by atoms with van der Waals surface area (Å²) in [5, 5.41) is 13.3. The lowest BCUT2D eigenvalue weighted by molar-refractivity contribution is -0.145. The van der Waals surface area contributed by atoms with E-state index >= 15 is 0 Å². The van der Waals surface area contributed by atoms with E-state index in [2.05, 4.69) is 20.3 Å². The topological polar surface area (TPSA) is 99.3 Å². The Labute approximate surface area is 147 Å². The largest absolute Gasteiger partial charge is 0.466 e. The lowest BCUT2D eigenvalue weighted by Gasteiger charge is -2.03. The van der Waals surface area contributed by atoms with Crippen molar-refractivity contribution < 1.29 is 14.3 Å². The molecule has 3 rings (SSSR count). The van der Waals surface area contributed by atoms with Gasteiger partial charge in [0, 0.05) is 18.0 Å². The number of Topliss-reactive ketones (excluding diaryl/α,β-unsaturated/α-hetero) is 1. The van der Waals surface area contributed by atoms with Crippen molar-refractivity contribution in [2.75, 3.05) is 12.4 Å². The quantitative estimate of drug-likeness (QED) is 0.358. The highest BCUT2D eigenvalue weighted by molar-refractivity contribution is 7.99. The minimum atomic E-state index is -0.504. The Bertz CT molecular complexity index is 897. The van der Waals surface area contributed by atoms with Crippen LogP contribution in [0.5, 0.6) is 0 Å². The van der Waals surface area contributed by atoms with Gasteiger partial charge >= 0.3 is 5.97 Å². The minimum Gasteiger partial charge on any atom is -0.466 e. The molecule has 0 saturated carbocycles. The molecule has 0 aliphatic heterocycles. The SMILES string of the molecule is CCOC(=O)CC(=O)CSc1ccc2nnc(-c3ccncc3)n2n1. The number of ketones is 1. The second-order valence-corrected chi connectivity index (χ2v) is 6.01. The van der Waals surface area contributed by atoms with Crippen LogP contribution in [0.2, 0.25) is 0 Å². The first-order valence-corrected chi connectivity index (χ1v) is 8.59. The molecule has 0 bridgehead atoms. The van der Waals surface area contributed by atoms with Gasteiger partial charge in [-0.15, -0.1) is 10.2 Å². The zero-order chi connectivity index (χ0) is 17.6. The molecule has 0 fully saturated rings. The van der Waals surface area contributed by atoms with E-state index in [0.29, 0.717) is 16.5 Å². The Morgan fingerprint density at radius 2 is 1.96 bits per heavy atom. The third-order valence-electron chi connectivity index (χ3n) is 3.20. The molecule has 0 aliphatic carbocycles. The number of hydrogen-bond acceptors (Lipinski definition) is 8. The van der Waals surface area contributed by atoms with Crippen molar-refractivity contribution in [2.45, 2.75) is 18.4 Å². The summed E-state index contributed by atoms with van der Waals surface area (Å²) in [6.07, 6.45) is 3.12. The van der Waals surface area contributed by atoms with Gasteiger partial charge in [0.15, 0.2) is 17.3 Å². The molecule has 9 heteroatoms. The number of carbonyl (C=O) groups is 2. The minimum absolute atomic E-state index is 0.143. The number of esters is 1. The van der Waals surface area contributed by atoms with E-state index in [1.807, 2.05) is 12.1 Å². The molecule has 25 heavy (non-hydrogen) atoms. The second kappa shape index (κ2) is 7.84. The number of fused-ring (bicyclic) bond motifs is 1. The predicted octanol–water partition coefficient (Wildman–Crippen LogP) is 1.80. The molecule has 0 aliphatic rings. The van der Waals surface area contributed by atoms with Gasteiger partial charge in [0.1, 0.15) is 11.4 Å². The van der Waals surface area contributed by atoms with Crippen LogP contribution in [0.25, 0.3) is 17.0 Å². The molecule has 3 aromatic heterocycles. The van der Waals surface area contributed by atoms with Crippen molar-refractivity contribution in [3.63, 3.8) is 0 Å². The summed E-state index contributed by atoms with van der Waals surface area (Å²) in [7, 11) is 0. The normalized spacial score (nSPS) is 10.8. The van der Waals surface area contributed by atoms with Crippen LogP contribution in [-0.4, -0.2) is 48.9 Å². The van der Waals surface area contributed by atoms with Gasteiger partial charge in [0.2, 0.25) is 0 Å². The van der Waals surface area contributed by atoms with E-state index in [0.717, 1.165) is 5.56 Å². The van der Waals surface area contributed by atoms with Gasteiger partial charge in [0.25, 0.3) is 0 Å². The van der Waals surface area contributed by atoms with Crippen molar-refractivity contribution >= 4 is 29.2 Å². The summed E-state index contributed by atoms with van der Waals surface area (Å²) < 4.78 is 6.38. The monoisotopic (exact) mass is 357 g/mol. The van der Waals surface area contributed by atoms with Crippen molar-refractivity contribution in [1.82, 2.24) is 24.8 Å². The number of pyridine rings is 1. The fourth-order valence-corrected chi connectivity index (χ4v) is 2.82. The smallest absolute Gasteiger partial charge is 0.313 e. The third-order valence-corrected chi connectivity index (χ3v) is 4.18. The Hall–Kier alpha value is -2.81. The van der Waals surface area contributed by atoms with E-state index in [-0.39, 0.29) is 24.6 Å². The Morgan fingerprint density at radius 1 is 1.16 bits per heavy atom. The highest BCUT2D eigenvalue weighted by Crippen LogP contribution is 2.20. The van der Waals surface area contributed by atoms with Gasteiger partial charge in [-0.25, -0.2) is 0 Å². The molecule has 128 valence electrons. The zero-order valence-electron chi connectivity index (χ0n) is 13.5. The van der Waals surface area contributed by atoms with Crippen LogP contribution < -0.4 is 0 Å². The van der Waals surface area contributed by atoms with Gasteiger partial charge in [-0.3, -0.25) is 14.6 Å². The number of thioether (sulfide) groups is 1. The van der Waals surface area contributed by atoms with Crippen molar-refractivity contribution in [3.05, 3.63) is 36.7 Å². The molecule has 0 aromatic carbocycles. The molecule has 0 saturated heterocycles. The highest BCUT2D eigenvalue weighted by atomic mass is 32.2. The first-order valence-electron chi connectivity index (χ1n) is 7.60.